The number of hydrogen-bond acceptors (Lipinski definition) is 6. The van der Waals surface area contributed by atoms with Crippen LogP contribution in [0.4, 0.5) is 4.39 Å². The van der Waals surface area contributed by atoms with Crippen molar-refractivity contribution in [1.29, 1.82) is 0 Å². The summed E-state index contributed by atoms with van der Waals surface area (Å²) >= 11 is 3.07. The molecule has 6 nitrogen and oxygen atoms in total. The van der Waals surface area contributed by atoms with Crippen LogP contribution in [0.3, 0.4) is 0 Å². The zero-order chi connectivity index (χ0) is 24.6. The van der Waals surface area contributed by atoms with E-state index >= 15 is 0 Å². The molecule has 0 aliphatic carbocycles. The zero-order valence-electron chi connectivity index (χ0n) is 19.6. The molecule has 0 saturated carbocycles. The molecule has 3 aromatic heterocycles. The molecule has 0 atom stereocenters. The summed E-state index contributed by atoms with van der Waals surface area (Å²) in [5, 5.41) is 10.2. The van der Waals surface area contributed by atoms with Crippen molar-refractivity contribution in [3.8, 4) is 0 Å². The minimum Gasteiger partial charge on any atom is -0.294 e. The van der Waals surface area contributed by atoms with Crippen LogP contribution in [-0.4, -0.2) is 30.6 Å². The first-order valence-corrected chi connectivity index (χ1v) is 13.6. The molecule has 2 aromatic carbocycles. The van der Waals surface area contributed by atoms with Crippen LogP contribution in [0.25, 0.3) is 16.0 Å². The van der Waals surface area contributed by atoms with E-state index in [4.69, 9.17) is 0 Å². The maximum atomic E-state index is 14.2. The summed E-state index contributed by atoms with van der Waals surface area (Å²) in [6, 6.07) is 17.2. The van der Waals surface area contributed by atoms with E-state index in [0.29, 0.717) is 28.8 Å². The zero-order valence-corrected chi connectivity index (χ0v) is 21.2. The lowest BCUT2D eigenvalue weighted by Crippen LogP contribution is -2.30. The SMILES string of the molecule is C=CCn1c(=O)c2c3c(sc2n2c(SCc4ccccc4F)nnc12)CN(Cc1ccccc1)CC3. The standard InChI is InChI=1S/C27H24FN5OS2/c1-2-13-32-24(34)23-20-12-14-31(15-18-8-4-3-5-9-18)16-22(20)36-25(23)33-26(32)29-30-27(33)35-17-19-10-6-7-11-21(19)28/h2-11H,1,12-17H2. The van der Waals surface area contributed by atoms with E-state index in [1.54, 1.807) is 34.1 Å². The predicted molar refractivity (Wildman–Crippen MR) is 143 cm³/mol. The Morgan fingerprint density at radius 2 is 1.92 bits per heavy atom. The van der Waals surface area contributed by atoms with E-state index in [0.717, 1.165) is 41.8 Å². The molecule has 1 aliphatic heterocycles. The molecule has 6 rings (SSSR count). The second-order valence-corrected chi connectivity index (χ2v) is 10.9. The van der Waals surface area contributed by atoms with E-state index in [1.807, 2.05) is 16.5 Å². The highest BCUT2D eigenvalue weighted by atomic mass is 32.2. The Bertz CT molecular complexity index is 1640. The molecule has 36 heavy (non-hydrogen) atoms. The summed E-state index contributed by atoms with van der Waals surface area (Å²) in [6.07, 6.45) is 2.52. The minimum atomic E-state index is -0.238. The van der Waals surface area contributed by atoms with Gasteiger partial charge in [0.25, 0.3) is 5.56 Å². The number of benzene rings is 2. The van der Waals surface area contributed by atoms with Gasteiger partial charge in [-0.05, 0) is 29.2 Å². The Hall–Kier alpha value is -3.27. The Kier molecular flexibility index (Phi) is 6.20. The highest BCUT2D eigenvalue weighted by Crippen LogP contribution is 2.36. The lowest BCUT2D eigenvalue weighted by Gasteiger charge is -2.26. The number of fused-ring (bicyclic) bond motifs is 5. The third-order valence-corrected chi connectivity index (χ3v) is 8.69. The van der Waals surface area contributed by atoms with Crippen molar-refractivity contribution in [2.75, 3.05) is 6.54 Å². The highest BCUT2D eigenvalue weighted by molar-refractivity contribution is 7.98. The Balaban J connectivity index is 1.43. The van der Waals surface area contributed by atoms with Gasteiger partial charge in [-0.25, -0.2) is 8.79 Å². The first kappa shape index (κ1) is 23.1. The number of aromatic nitrogens is 4. The van der Waals surface area contributed by atoms with Gasteiger partial charge in [0.15, 0.2) is 5.16 Å². The monoisotopic (exact) mass is 517 g/mol. The summed E-state index contributed by atoms with van der Waals surface area (Å²) in [5.74, 6) is 0.673. The molecular weight excluding hydrogens is 493 g/mol. The molecule has 0 spiro atoms. The number of halogens is 1. The number of hydrogen-bond donors (Lipinski definition) is 0. The molecule has 0 amide bonds. The van der Waals surface area contributed by atoms with Gasteiger partial charge in [-0.2, -0.15) is 0 Å². The van der Waals surface area contributed by atoms with Crippen LogP contribution in [0, 0.1) is 5.82 Å². The van der Waals surface area contributed by atoms with E-state index in [-0.39, 0.29) is 11.4 Å². The molecule has 0 fully saturated rings. The molecule has 0 radical (unpaired) electrons. The average Bonchev–Trinajstić information content (AvgIpc) is 3.48. The van der Waals surface area contributed by atoms with E-state index < -0.39 is 0 Å². The molecule has 0 N–H and O–H groups in total. The smallest absolute Gasteiger partial charge is 0.264 e. The Morgan fingerprint density at radius 1 is 1.11 bits per heavy atom. The summed E-state index contributed by atoms with van der Waals surface area (Å²) in [5.41, 5.74) is 2.97. The van der Waals surface area contributed by atoms with Gasteiger partial charge in [0.2, 0.25) is 5.78 Å². The second kappa shape index (κ2) is 9.65. The number of allylic oxidation sites excluding steroid dienone is 1. The molecule has 9 heteroatoms. The van der Waals surface area contributed by atoms with Crippen LogP contribution in [0.15, 0.2) is 77.2 Å². The highest BCUT2D eigenvalue weighted by Gasteiger charge is 2.27. The number of rotatable bonds is 7. The third kappa shape index (κ3) is 4.07. The number of thiophene rings is 1. The fraction of sp³-hybridized carbons (Fsp3) is 0.222. The van der Waals surface area contributed by atoms with Gasteiger partial charge < -0.3 is 0 Å². The molecule has 0 bridgehead atoms. The summed E-state index contributed by atoms with van der Waals surface area (Å²) in [4.78, 5) is 18.1. The van der Waals surface area contributed by atoms with Gasteiger partial charge in [0.1, 0.15) is 10.6 Å². The third-order valence-electron chi connectivity index (χ3n) is 6.51. The Labute approximate surface area is 215 Å². The minimum absolute atomic E-state index is 0.0514. The molecular formula is C27H24FN5OS2. The van der Waals surface area contributed by atoms with Crippen molar-refractivity contribution in [3.05, 3.63) is 105 Å². The van der Waals surface area contributed by atoms with Gasteiger partial charge in [-0.15, -0.1) is 28.1 Å². The average molecular weight is 518 g/mol. The van der Waals surface area contributed by atoms with Gasteiger partial charge in [0, 0.05) is 36.8 Å². The van der Waals surface area contributed by atoms with Gasteiger partial charge in [-0.3, -0.25) is 14.3 Å². The molecule has 182 valence electrons. The van der Waals surface area contributed by atoms with Crippen molar-refractivity contribution in [3.63, 3.8) is 0 Å². The molecule has 5 aromatic rings. The quantitative estimate of drug-likeness (QED) is 0.217. The van der Waals surface area contributed by atoms with Crippen LogP contribution in [0.1, 0.15) is 21.6 Å². The molecule has 0 saturated heterocycles. The topological polar surface area (TPSA) is 55.4 Å². The van der Waals surface area contributed by atoms with Crippen molar-refractivity contribution in [1.82, 2.24) is 24.1 Å². The number of nitrogens with zero attached hydrogens (tertiary/aromatic N) is 5. The molecule has 1 aliphatic rings. The van der Waals surface area contributed by atoms with Crippen LogP contribution in [0.5, 0.6) is 0 Å². The van der Waals surface area contributed by atoms with E-state index in [2.05, 4.69) is 45.9 Å². The van der Waals surface area contributed by atoms with Crippen molar-refractivity contribution < 1.29 is 4.39 Å². The summed E-state index contributed by atoms with van der Waals surface area (Å²) < 4.78 is 17.8. The lowest BCUT2D eigenvalue weighted by atomic mass is 10.0. The van der Waals surface area contributed by atoms with Crippen LogP contribution in [0.2, 0.25) is 0 Å². The maximum Gasteiger partial charge on any atom is 0.264 e. The molecule has 4 heterocycles. The maximum absolute atomic E-state index is 14.2. The molecule has 0 unspecified atom stereocenters. The van der Waals surface area contributed by atoms with Gasteiger partial charge in [0.05, 0.1) is 5.39 Å². The van der Waals surface area contributed by atoms with E-state index in [1.165, 1.54) is 28.3 Å². The fourth-order valence-electron chi connectivity index (χ4n) is 4.78. The largest absolute Gasteiger partial charge is 0.294 e. The van der Waals surface area contributed by atoms with Crippen molar-refractivity contribution in [2.24, 2.45) is 0 Å². The fourth-order valence-corrected chi connectivity index (χ4v) is 7.14. The van der Waals surface area contributed by atoms with Crippen LogP contribution < -0.4 is 5.56 Å². The van der Waals surface area contributed by atoms with Crippen molar-refractivity contribution in [2.45, 2.75) is 37.0 Å². The second-order valence-electron chi connectivity index (χ2n) is 8.83. The van der Waals surface area contributed by atoms with Crippen LogP contribution >= 0.6 is 23.1 Å². The summed E-state index contributed by atoms with van der Waals surface area (Å²) in [7, 11) is 0. The van der Waals surface area contributed by atoms with Gasteiger partial charge in [-0.1, -0.05) is 66.4 Å². The van der Waals surface area contributed by atoms with Crippen molar-refractivity contribution >= 4 is 39.1 Å². The first-order valence-electron chi connectivity index (χ1n) is 11.8. The summed E-state index contributed by atoms with van der Waals surface area (Å²) in [6.45, 7) is 6.75. The predicted octanol–water partition coefficient (Wildman–Crippen LogP) is 5.28. The van der Waals surface area contributed by atoms with E-state index in [9.17, 15) is 9.18 Å². The van der Waals surface area contributed by atoms with Gasteiger partial charge >= 0.3 is 0 Å². The lowest BCUT2D eigenvalue weighted by molar-refractivity contribution is 0.249. The van der Waals surface area contributed by atoms with Crippen LogP contribution in [-0.2, 0) is 31.8 Å². The first-order chi connectivity index (χ1) is 17.6. The normalized spacial score (nSPS) is 13.9. The number of thioether (sulfide) groups is 1. The Morgan fingerprint density at radius 3 is 2.72 bits per heavy atom.